The Hall–Kier alpha value is -0.650. The molecule has 0 aromatic heterocycles. The van der Waals surface area contributed by atoms with Gasteiger partial charge in [-0.15, -0.1) is 0 Å². The minimum atomic E-state index is -0.256. The van der Waals surface area contributed by atoms with E-state index >= 15 is 0 Å². The molecule has 5 nitrogen and oxygen atoms in total. The van der Waals surface area contributed by atoms with E-state index in [-0.39, 0.29) is 17.6 Å². The third kappa shape index (κ3) is 3.40. The fraction of sp³-hybridized carbons (Fsp3) is 0.917. The maximum atomic E-state index is 11.7. The van der Waals surface area contributed by atoms with Gasteiger partial charge in [-0.3, -0.25) is 4.79 Å². The summed E-state index contributed by atoms with van der Waals surface area (Å²) in [5.74, 6) is 0.0812. The lowest BCUT2D eigenvalue weighted by molar-refractivity contribution is -0.123. The molecule has 2 atom stereocenters. The monoisotopic (exact) mass is 242 g/mol. The molecule has 1 saturated carbocycles. The van der Waals surface area contributed by atoms with E-state index in [1.807, 2.05) is 6.92 Å². The number of carbonyl (C=O) groups excluding carboxylic acids is 1. The molecule has 2 unspecified atom stereocenters. The zero-order valence-electron chi connectivity index (χ0n) is 10.6. The number of hydrogen-bond donors (Lipinski definition) is 2. The highest BCUT2D eigenvalue weighted by Crippen LogP contribution is 2.22. The molecule has 17 heavy (non-hydrogen) atoms. The second-order valence-corrected chi connectivity index (χ2v) is 5.08. The van der Waals surface area contributed by atoms with Gasteiger partial charge in [-0.05, 0) is 19.8 Å². The van der Waals surface area contributed by atoms with Crippen molar-refractivity contribution in [1.29, 1.82) is 0 Å². The van der Waals surface area contributed by atoms with Crippen LogP contribution in [0.2, 0.25) is 0 Å². The number of ether oxygens (including phenoxy) is 2. The Morgan fingerprint density at radius 2 is 2.35 bits per heavy atom. The van der Waals surface area contributed by atoms with Crippen LogP contribution in [-0.4, -0.2) is 50.5 Å². The van der Waals surface area contributed by atoms with Gasteiger partial charge in [-0.2, -0.15) is 0 Å². The summed E-state index contributed by atoms with van der Waals surface area (Å²) >= 11 is 0. The summed E-state index contributed by atoms with van der Waals surface area (Å²) in [6.45, 7) is 3.88. The number of rotatable bonds is 6. The molecule has 1 heterocycles. The van der Waals surface area contributed by atoms with E-state index in [4.69, 9.17) is 9.47 Å². The van der Waals surface area contributed by atoms with Gasteiger partial charge < -0.3 is 20.1 Å². The van der Waals surface area contributed by atoms with E-state index in [2.05, 4.69) is 10.6 Å². The minimum Gasteiger partial charge on any atom is -0.378 e. The average molecular weight is 242 g/mol. The standard InChI is InChI=1S/C12H22N2O3/c1-9(11(15)14-10-3-4-10)13-7-12(16-2)5-6-17-8-12/h9-10,13H,3-8H2,1-2H3,(H,14,15). The van der Waals surface area contributed by atoms with Crippen LogP contribution in [0.25, 0.3) is 0 Å². The highest BCUT2D eigenvalue weighted by atomic mass is 16.5. The first-order chi connectivity index (χ1) is 8.15. The summed E-state index contributed by atoms with van der Waals surface area (Å²) in [5, 5.41) is 6.22. The highest BCUT2D eigenvalue weighted by Gasteiger charge is 2.35. The normalized spacial score (nSPS) is 30.2. The predicted molar refractivity (Wildman–Crippen MR) is 63.8 cm³/mol. The van der Waals surface area contributed by atoms with Crippen molar-refractivity contribution in [3.05, 3.63) is 0 Å². The predicted octanol–water partition coefficient (Wildman–Crippen LogP) is 0.0486. The van der Waals surface area contributed by atoms with Gasteiger partial charge in [0.2, 0.25) is 5.91 Å². The van der Waals surface area contributed by atoms with Crippen LogP contribution in [0.4, 0.5) is 0 Å². The maximum absolute atomic E-state index is 11.7. The molecule has 1 aliphatic heterocycles. The molecule has 0 aromatic rings. The Morgan fingerprint density at radius 3 is 2.88 bits per heavy atom. The lowest BCUT2D eigenvalue weighted by Gasteiger charge is -2.27. The zero-order valence-corrected chi connectivity index (χ0v) is 10.6. The van der Waals surface area contributed by atoms with Gasteiger partial charge >= 0.3 is 0 Å². The molecule has 0 spiro atoms. The second-order valence-electron chi connectivity index (χ2n) is 5.08. The molecule has 5 heteroatoms. The SMILES string of the molecule is COC1(CNC(C)C(=O)NC2CC2)CCOC1. The zero-order chi connectivity index (χ0) is 12.3. The topological polar surface area (TPSA) is 59.6 Å². The smallest absolute Gasteiger partial charge is 0.237 e. The number of hydrogen-bond acceptors (Lipinski definition) is 4. The molecule has 0 radical (unpaired) electrons. The van der Waals surface area contributed by atoms with Crippen LogP contribution in [0, 0.1) is 0 Å². The second kappa shape index (κ2) is 5.33. The van der Waals surface area contributed by atoms with Crippen LogP contribution >= 0.6 is 0 Å². The summed E-state index contributed by atoms with van der Waals surface area (Å²) in [7, 11) is 1.70. The fourth-order valence-electron chi connectivity index (χ4n) is 1.95. The Kier molecular flexibility index (Phi) is 4.01. The van der Waals surface area contributed by atoms with Crippen LogP contribution in [0.1, 0.15) is 26.2 Å². The van der Waals surface area contributed by atoms with Crippen molar-refractivity contribution in [3.63, 3.8) is 0 Å². The third-order valence-corrected chi connectivity index (χ3v) is 3.55. The quantitative estimate of drug-likeness (QED) is 0.691. The van der Waals surface area contributed by atoms with E-state index < -0.39 is 0 Å². The number of carbonyl (C=O) groups is 1. The van der Waals surface area contributed by atoms with E-state index in [1.54, 1.807) is 7.11 Å². The van der Waals surface area contributed by atoms with E-state index in [0.717, 1.165) is 25.9 Å². The third-order valence-electron chi connectivity index (χ3n) is 3.55. The largest absolute Gasteiger partial charge is 0.378 e. The lowest BCUT2D eigenvalue weighted by Crippen LogP contribution is -2.50. The van der Waals surface area contributed by atoms with Crippen molar-refractivity contribution < 1.29 is 14.3 Å². The molecule has 2 rings (SSSR count). The molecule has 2 aliphatic rings. The van der Waals surface area contributed by atoms with Crippen molar-refractivity contribution in [2.45, 2.75) is 43.9 Å². The molecular formula is C12H22N2O3. The van der Waals surface area contributed by atoms with Gasteiger partial charge in [0.05, 0.1) is 12.6 Å². The Bertz CT molecular complexity index is 273. The molecule has 1 saturated heterocycles. The molecule has 0 bridgehead atoms. The molecule has 2 fully saturated rings. The summed E-state index contributed by atoms with van der Waals surface area (Å²) in [6.07, 6.45) is 3.12. The van der Waals surface area contributed by atoms with Crippen molar-refractivity contribution >= 4 is 5.91 Å². The van der Waals surface area contributed by atoms with Crippen LogP contribution < -0.4 is 10.6 Å². The van der Waals surface area contributed by atoms with Gasteiger partial charge in [-0.25, -0.2) is 0 Å². The molecule has 2 N–H and O–H groups in total. The van der Waals surface area contributed by atoms with Gasteiger partial charge in [-0.1, -0.05) is 0 Å². The molecule has 0 aromatic carbocycles. The van der Waals surface area contributed by atoms with Crippen molar-refractivity contribution in [2.24, 2.45) is 0 Å². The van der Waals surface area contributed by atoms with Crippen LogP contribution in [-0.2, 0) is 14.3 Å². The molecule has 1 aliphatic carbocycles. The number of amides is 1. The fourth-order valence-corrected chi connectivity index (χ4v) is 1.95. The Balaban J connectivity index is 1.73. The Labute approximate surface area is 102 Å². The summed E-state index contributed by atoms with van der Waals surface area (Å²) in [6, 6.07) is 0.237. The van der Waals surface area contributed by atoms with Gasteiger partial charge in [0.25, 0.3) is 0 Å². The summed E-state index contributed by atoms with van der Waals surface area (Å²) < 4.78 is 10.9. The first kappa shape index (κ1) is 12.8. The number of methoxy groups -OCH3 is 1. The van der Waals surface area contributed by atoms with Crippen LogP contribution in [0.3, 0.4) is 0 Å². The van der Waals surface area contributed by atoms with Crippen molar-refractivity contribution in [3.8, 4) is 0 Å². The van der Waals surface area contributed by atoms with Crippen LogP contribution in [0.5, 0.6) is 0 Å². The van der Waals surface area contributed by atoms with Gasteiger partial charge in [0.1, 0.15) is 5.60 Å². The Morgan fingerprint density at radius 1 is 1.59 bits per heavy atom. The van der Waals surface area contributed by atoms with E-state index in [9.17, 15) is 4.79 Å². The van der Waals surface area contributed by atoms with E-state index in [1.165, 1.54) is 0 Å². The molecule has 1 amide bonds. The molecule has 98 valence electrons. The lowest BCUT2D eigenvalue weighted by atomic mass is 10.0. The van der Waals surface area contributed by atoms with Gasteiger partial charge in [0, 0.05) is 32.7 Å². The molecular weight excluding hydrogens is 220 g/mol. The first-order valence-electron chi connectivity index (χ1n) is 6.32. The van der Waals surface area contributed by atoms with Crippen molar-refractivity contribution in [1.82, 2.24) is 10.6 Å². The van der Waals surface area contributed by atoms with Gasteiger partial charge in [0.15, 0.2) is 0 Å². The minimum absolute atomic E-state index is 0.0812. The maximum Gasteiger partial charge on any atom is 0.237 e. The summed E-state index contributed by atoms with van der Waals surface area (Å²) in [5.41, 5.74) is -0.256. The van der Waals surface area contributed by atoms with Crippen molar-refractivity contribution in [2.75, 3.05) is 26.9 Å². The first-order valence-corrected chi connectivity index (χ1v) is 6.32. The average Bonchev–Trinajstić information content (AvgIpc) is 3.02. The summed E-state index contributed by atoms with van der Waals surface area (Å²) in [4.78, 5) is 11.7. The van der Waals surface area contributed by atoms with E-state index in [0.29, 0.717) is 19.2 Å². The number of nitrogens with one attached hydrogen (secondary N) is 2. The highest BCUT2D eigenvalue weighted by molar-refractivity contribution is 5.81. The van der Waals surface area contributed by atoms with Crippen LogP contribution in [0.15, 0.2) is 0 Å².